The van der Waals surface area contributed by atoms with Crippen LogP contribution in [-0.4, -0.2) is 19.1 Å². The monoisotopic (exact) mass is 267 g/mol. The Morgan fingerprint density at radius 2 is 2.05 bits per heavy atom. The van der Waals surface area contributed by atoms with E-state index < -0.39 is 0 Å². The number of aromatic nitrogens is 1. The van der Waals surface area contributed by atoms with Gasteiger partial charge in [0.15, 0.2) is 0 Å². The van der Waals surface area contributed by atoms with Crippen LogP contribution in [0, 0.1) is 18.3 Å². The Bertz CT molecular complexity index is 646. The number of rotatable bonds is 4. The Balaban J connectivity index is 2.31. The van der Waals surface area contributed by atoms with Crippen LogP contribution in [0.5, 0.6) is 5.75 Å². The molecule has 2 aromatic rings. The second kappa shape index (κ2) is 6.07. The van der Waals surface area contributed by atoms with E-state index in [2.05, 4.69) is 11.1 Å². The lowest BCUT2D eigenvalue weighted by molar-refractivity contribution is 0.409. The van der Waals surface area contributed by atoms with Crippen molar-refractivity contribution in [2.24, 2.45) is 0 Å². The first-order valence-corrected chi connectivity index (χ1v) is 6.36. The number of methoxy groups -OCH3 is 1. The van der Waals surface area contributed by atoms with E-state index in [0.29, 0.717) is 17.9 Å². The molecule has 0 N–H and O–H groups in total. The van der Waals surface area contributed by atoms with Gasteiger partial charge < -0.3 is 9.64 Å². The number of hydrogen-bond acceptors (Lipinski definition) is 4. The Hall–Kier alpha value is -2.54. The SMILES string of the molecule is COc1ccccc1CN(C)c1nccc(C)c1C#N. The predicted octanol–water partition coefficient (Wildman–Crippen LogP) is 2.91. The molecule has 0 aliphatic heterocycles. The summed E-state index contributed by atoms with van der Waals surface area (Å²) in [4.78, 5) is 6.29. The fourth-order valence-corrected chi connectivity index (χ4v) is 2.14. The first kappa shape index (κ1) is 13.9. The van der Waals surface area contributed by atoms with Crippen molar-refractivity contribution in [3.05, 3.63) is 53.2 Å². The molecule has 0 atom stereocenters. The van der Waals surface area contributed by atoms with Crippen molar-refractivity contribution in [1.29, 1.82) is 5.26 Å². The van der Waals surface area contributed by atoms with Gasteiger partial charge >= 0.3 is 0 Å². The van der Waals surface area contributed by atoms with Gasteiger partial charge in [0.1, 0.15) is 17.6 Å². The molecular weight excluding hydrogens is 250 g/mol. The summed E-state index contributed by atoms with van der Waals surface area (Å²) in [7, 11) is 3.58. The van der Waals surface area contributed by atoms with Crippen molar-refractivity contribution < 1.29 is 4.74 Å². The van der Waals surface area contributed by atoms with Crippen molar-refractivity contribution in [2.75, 3.05) is 19.1 Å². The molecule has 0 spiro atoms. The number of nitriles is 1. The van der Waals surface area contributed by atoms with Crippen LogP contribution < -0.4 is 9.64 Å². The van der Waals surface area contributed by atoms with E-state index in [4.69, 9.17) is 4.74 Å². The summed E-state index contributed by atoms with van der Waals surface area (Å²) >= 11 is 0. The average Bonchev–Trinajstić information content (AvgIpc) is 2.47. The Kier molecular flexibility index (Phi) is 4.21. The minimum Gasteiger partial charge on any atom is -0.496 e. The molecule has 0 aliphatic rings. The van der Waals surface area contributed by atoms with E-state index in [0.717, 1.165) is 16.9 Å². The molecule has 1 aromatic heterocycles. The van der Waals surface area contributed by atoms with Gasteiger partial charge in [-0.05, 0) is 24.6 Å². The standard InChI is InChI=1S/C16H17N3O/c1-12-8-9-18-16(14(12)10-17)19(2)11-13-6-4-5-7-15(13)20-3/h4-9H,11H2,1-3H3. The molecule has 102 valence electrons. The van der Waals surface area contributed by atoms with Crippen molar-refractivity contribution in [1.82, 2.24) is 4.98 Å². The summed E-state index contributed by atoms with van der Waals surface area (Å²) in [5.74, 6) is 1.53. The second-order valence-corrected chi connectivity index (χ2v) is 4.61. The van der Waals surface area contributed by atoms with Crippen molar-refractivity contribution in [3.8, 4) is 11.8 Å². The molecule has 0 unspecified atom stereocenters. The molecule has 0 radical (unpaired) electrons. The average molecular weight is 267 g/mol. The molecule has 1 heterocycles. The molecule has 0 saturated carbocycles. The minimum absolute atomic E-state index is 0.616. The van der Waals surface area contributed by atoms with Crippen LogP contribution in [0.4, 0.5) is 5.82 Å². The van der Waals surface area contributed by atoms with E-state index in [1.54, 1.807) is 13.3 Å². The van der Waals surface area contributed by atoms with E-state index in [9.17, 15) is 5.26 Å². The predicted molar refractivity (Wildman–Crippen MR) is 78.8 cm³/mol. The van der Waals surface area contributed by atoms with Crippen LogP contribution in [0.3, 0.4) is 0 Å². The molecule has 0 saturated heterocycles. The third-order valence-corrected chi connectivity index (χ3v) is 3.21. The van der Waals surface area contributed by atoms with Crippen LogP contribution in [0.25, 0.3) is 0 Å². The summed E-state index contributed by atoms with van der Waals surface area (Å²) < 4.78 is 5.35. The lowest BCUT2D eigenvalue weighted by Crippen LogP contribution is -2.19. The second-order valence-electron chi connectivity index (χ2n) is 4.61. The summed E-state index contributed by atoms with van der Waals surface area (Å²) in [6, 6.07) is 11.9. The quantitative estimate of drug-likeness (QED) is 0.854. The van der Waals surface area contributed by atoms with E-state index >= 15 is 0 Å². The zero-order valence-electron chi connectivity index (χ0n) is 11.9. The molecule has 0 bridgehead atoms. The number of hydrogen-bond donors (Lipinski definition) is 0. The number of nitrogens with zero attached hydrogens (tertiary/aromatic N) is 3. The minimum atomic E-state index is 0.616. The van der Waals surface area contributed by atoms with Crippen molar-refractivity contribution >= 4 is 5.82 Å². The molecular formula is C16H17N3O. The first-order valence-electron chi connectivity index (χ1n) is 6.36. The van der Waals surface area contributed by atoms with Gasteiger partial charge in [-0.1, -0.05) is 18.2 Å². The number of pyridine rings is 1. The topological polar surface area (TPSA) is 49.1 Å². The highest BCUT2D eigenvalue weighted by Gasteiger charge is 2.13. The smallest absolute Gasteiger partial charge is 0.146 e. The lowest BCUT2D eigenvalue weighted by atomic mass is 10.1. The van der Waals surface area contributed by atoms with Gasteiger partial charge in [0, 0.05) is 25.4 Å². The highest BCUT2D eigenvalue weighted by Crippen LogP contribution is 2.24. The maximum Gasteiger partial charge on any atom is 0.146 e. The van der Waals surface area contributed by atoms with Crippen LogP contribution >= 0.6 is 0 Å². The summed E-state index contributed by atoms with van der Waals surface area (Å²) in [5.41, 5.74) is 2.61. The number of benzene rings is 1. The fourth-order valence-electron chi connectivity index (χ4n) is 2.14. The van der Waals surface area contributed by atoms with Crippen LogP contribution in [-0.2, 0) is 6.54 Å². The van der Waals surface area contributed by atoms with Gasteiger partial charge in [0.25, 0.3) is 0 Å². The van der Waals surface area contributed by atoms with E-state index in [1.807, 2.05) is 49.2 Å². The Labute approximate surface area is 119 Å². The summed E-state index contributed by atoms with van der Waals surface area (Å²) in [6.45, 7) is 2.55. The number of ether oxygens (including phenoxy) is 1. The highest BCUT2D eigenvalue weighted by molar-refractivity contribution is 5.57. The van der Waals surface area contributed by atoms with Gasteiger partial charge in [-0.25, -0.2) is 4.98 Å². The van der Waals surface area contributed by atoms with Gasteiger partial charge in [0.05, 0.1) is 12.7 Å². The van der Waals surface area contributed by atoms with Crippen molar-refractivity contribution in [3.63, 3.8) is 0 Å². The third kappa shape index (κ3) is 2.72. The van der Waals surface area contributed by atoms with Crippen molar-refractivity contribution in [2.45, 2.75) is 13.5 Å². The first-order chi connectivity index (χ1) is 9.67. The molecule has 20 heavy (non-hydrogen) atoms. The van der Waals surface area contributed by atoms with Crippen LogP contribution in [0.2, 0.25) is 0 Å². The molecule has 4 heteroatoms. The molecule has 2 rings (SSSR count). The number of para-hydroxylation sites is 1. The van der Waals surface area contributed by atoms with E-state index in [1.165, 1.54) is 0 Å². The van der Waals surface area contributed by atoms with Crippen LogP contribution in [0.15, 0.2) is 36.5 Å². The maximum absolute atomic E-state index is 9.27. The van der Waals surface area contributed by atoms with Gasteiger partial charge in [-0.2, -0.15) is 5.26 Å². The molecule has 4 nitrogen and oxygen atoms in total. The highest BCUT2D eigenvalue weighted by atomic mass is 16.5. The molecule has 0 amide bonds. The molecule has 1 aromatic carbocycles. The summed E-state index contributed by atoms with van der Waals surface area (Å²) in [6.07, 6.45) is 1.73. The Morgan fingerprint density at radius 3 is 2.75 bits per heavy atom. The number of aryl methyl sites for hydroxylation is 1. The fraction of sp³-hybridized carbons (Fsp3) is 0.250. The van der Waals surface area contributed by atoms with Crippen LogP contribution in [0.1, 0.15) is 16.7 Å². The summed E-state index contributed by atoms with van der Waals surface area (Å²) in [5, 5.41) is 9.27. The number of anilines is 1. The molecule has 0 aliphatic carbocycles. The van der Waals surface area contributed by atoms with Gasteiger partial charge in [-0.3, -0.25) is 0 Å². The lowest BCUT2D eigenvalue weighted by Gasteiger charge is -2.21. The molecule has 0 fully saturated rings. The maximum atomic E-state index is 9.27. The zero-order chi connectivity index (χ0) is 14.5. The van der Waals surface area contributed by atoms with Gasteiger partial charge in [0.2, 0.25) is 0 Å². The third-order valence-electron chi connectivity index (χ3n) is 3.21. The normalized spacial score (nSPS) is 9.90. The largest absolute Gasteiger partial charge is 0.496 e. The van der Waals surface area contributed by atoms with E-state index in [-0.39, 0.29) is 0 Å². The van der Waals surface area contributed by atoms with Gasteiger partial charge in [-0.15, -0.1) is 0 Å². The Morgan fingerprint density at radius 1 is 1.30 bits per heavy atom. The zero-order valence-corrected chi connectivity index (χ0v) is 11.9.